The average molecular weight is 464 g/mol. The van der Waals surface area contributed by atoms with Crippen LogP contribution in [0, 0.1) is 20.8 Å². The molecule has 4 aromatic rings. The molecule has 0 atom stereocenters. The lowest BCUT2D eigenvalue weighted by Crippen LogP contribution is -2.49. The van der Waals surface area contributed by atoms with Crippen LogP contribution < -0.4 is 4.90 Å². The van der Waals surface area contributed by atoms with Crippen molar-refractivity contribution in [1.82, 2.24) is 29.3 Å². The summed E-state index contributed by atoms with van der Waals surface area (Å²) < 4.78 is 30.1. The first kappa shape index (κ1) is 21.5. The van der Waals surface area contributed by atoms with Gasteiger partial charge in [-0.3, -0.25) is 0 Å². The maximum Gasteiger partial charge on any atom is 0.243 e. The van der Waals surface area contributed by atoms with Gasteiger partial charge in [0.2, 0.25) is 10.0 Å². The second-order valence-corrected chi connectivity index (χ2v) is 10.2. The summed E-state index contributed by atoms with van der Waals surface area (Å²) in [5.74, 6) is 0.668. The van der Waals surface area contributed by atoms with E-state index < -0.39 is 10.0 Å². The molecule has 1 aliphatic rings. The Morgan fingerprint density at radius 1 is 0.879 bits per heavy atom. The van der Waals surface area contributed by atoms with Crippen molar-refractivity contribution in [2.24, 2.45) is 0 Å². The summed E-state index contributed by atoms with van der Waals surface area (Å²) in [6.45, 7) is 7.45. The van der Waals surface area contributed by atoms with E-state index in [9.17, 15) is 8.42 Å². The zero-order valence-electron chi connectivity index (χ0n) is 18.8. The van der Waals surface area contributed by atoms with Gasteiger partial charge in [0.15, 0.2) is 17.0 Å². The Hall–Kier alpha value is -3.37. The minimum Gasteiger partial charge on any atom is -0.352 e. The summed E-state index contributed by atoms with van der Waals surface area (Å²) in [5.41, 5.74) is 4.71. The summed E-state index contributed by atoms with van der Waals surface area (Å²) in [4.78, 5) is 11.3. The molecule has 170 valence electrons. The molecular formula is C23H25N7O2S. The van der Waals surface area contributed by atoms with E-state index in [2.05, 4.69) is 25.2 Å². The normalized spacial score (nSPS) is 15.3. The number of benzene rings is 2. The third-order valence-corrected chi connectivity index (χ3v) is 8.16. The van der Waals surface area contributed by atoms with E-state index >= 15 is 0 Å². The number of fused-ring (bicyclic) bond motifs is 1. The van der Waals surface area contributed by atoms with Gasteiger partial charge in [-0.25, -0.2) is 18.4 Å². The predicted octanol–water partition coefficient (Wildman–Crippen LogP) is 2.65. The summed E-state index contributed by atoms with van der Waals surface area (Å²) in [5, 5.41) is 8.60. The summed E-state index contributed by atoms with van der Waals surface area (Å²) in [6, 6.07) is 13.5. The molecule has 2 aromatic carbocycles. The second-order valence-electron chi connectivity index (χ2n) is 8.33. The molecule has 0 aliphatic carbocycles. The molecule has 9 nitrogen and oxygen atoms in total. The molecule has 0 saturated carbocycles. The van der Waals surface area contributed by atoms with Crippen LogP contribution in [0.25, 0.3) is 16.9 Å². The Kier molecular flexibility index (Phi) is 5.34. The number of hydrogen-bond acceptors (Lipinski definition) is 7. The number of sulfonamides is 1. The predicted molar refractivity (Wildman–Crippen MR) is 126 cm³/mol. The topological polar surface area (TPSA) is 97.1 Å². The molecule has 1 aliphatic heterocycles. The first-order valence-corrected chi connectivity index (χ1v) is 12.2. The van der Waals surface area contributed by atoms with Crippen LogP contribution in [-0.2, 0) is 10.0 Å². The maximum absolute atomic E-state index is 13.4. The van der Waals surface area contributed by atoms with E-state index in [0.717, 1.165) is 22.4 Å². The van der Waals surface area contributed by atoms with E-state index in [1.807, 2.05) is 63.2 Å². The lowest BCUT2D eigenvalue weighted by atomic mass is 10.1. The third kappa shape index (κ3) is 3.75. The molecule has 1 saturated heterocycles. The van der Waals surface area contributed by atoms with Gasteiger partial charge >= 0.3 is 0 Å². The van der Waals surface area contributed by atoms with Crippen molar-refractivity contribution in [2.75, 3.05) is 31.1 Å². The van der Waals surface area contributed by atoms with E-state index in [1.165, 1.54) is 6.33 Å². The molecule has 0 spiro atoms. The van der Waals surface area contributed by atoms with Crippen molar-refractivity contribution in [2.45, 2.75) is 25.7 Å². The number of nitrogens with zero attached hydrogens (tertiary/aromatic N) is 7. The smallest absolute Gasteiger partial charge is 0.243 e. The van der Waals surface area contributed by atoms with Crippen LogP contribution in [0.3, 0.4) is 0 Å². The van der Waals surface area contributed by atoms with Gasteiger partial charge in [0.25, 0.3) is 0 Å². The monoisotopic (exact) mass is 463 g/mol. The van der Waals surface area contributed by atoms with Crippen molar-refractivity contribution >= 4 is 27.0 Å². The third-order valence-electron chi connectivity index (χ3n) is 5.96. The molecule has 3 heterocycles. The second kappa shape index (κ2) is 8.20. The number of para-hydroxylation sites is 1. The van der Waals surface area contributed by atoms with Gasteiger partial charge in [0.05, 0.1) is 10.6 Å². The molecule has 0 N–H and O–H groups in total. The van der Waals surface area contributed by atoms with Crippen molar-refractivity contribution in [3.05, 3.63) is 65.5 Å². The molecule has 5 rings (SSSR count). The first-order chi connectivity index (χ1) is 15.9. The molecular weight excluding hydrogens is 438 g/mol. The molecule has 0 bridgehead atoms. The van der Waals surface area contributed by atoms with Crippen LogP contribution in [0.5, 0.6) is 0 Å². The Bertz CT molecular complexity index is 1400. The Morgan fingerprint density at radius 3 is 2.21 bits per heavy atom. The number of aromatic nitrogens is 5. The Labute approximate surface area is 192 Å². The SMILES string of the molecule is Cc1cc(C)c(S(=O)(=O)N2CCN(c3ncnc4c3nnn4-c3ccccc3)CC2)c(C)c1. The van der Waals surface area contributed by atoms with Crippen LogP contribution >= 0.6 is 0 Å². The highest BCUT2D eigenvalue weighted by Gasteiger charge is 2.32. The Morgan fingerprint density at radius 2 is 1.55 bits per heavy atom. The zero-order valence-corrected chi connectivity index (χ0v) is 19.6. The highest BCUT2D eigenvalue weighted by Crippen LogP contribution is 2.28. The number of hydrogen-bond donors (Lipinski definition) is 0. The van der Waals surface area contributed by atoms with Crippen molar-refractivity contribution in [3.8, 4) is 5.69 Å². The van der Waals surface area contributed by atoms with Gasteiger partial charge < -0.3 is 4.90 Å². The number of anilines is 1. The zero-order chi connectivity index (χ0) is 23.2. The van der Waals surface area contributed by atoms with Crippen LogP contribution in [0.2, 0.25) is 0 Å². The first-order valence-electron chi connectivity index (χ1n) is 10.8. The van der Waals surface area contributed by atoms with Gasteiger partial charge in [-0.15, -0.1) is 5.10 Å². The van der Waals surface area contributed by atoms with Gasteiger partial charge in [-0.2, -0.15) is 8.99 Å². The molecule has 0 radical (unpaired) electrons. The fraction of sp³-hybridized carbons (Fsp3) is 0.304. The highest BCUT2D eigenvalue weighted by atomic mass is 32.2. The average Bonchev–Trinajstić information content (AvgIpc) is 3.23. The quantitative estimate of drug-likeness (QED) is 0.459. The summed E-state index contributed by atoms with van der Waals surface area (Å²) in [6.07, 6.45) is 1.50. The lowest BCUT2D eigenvalue weighted by Gasteiger charge is -2.35. The standard InChI is InChI=1S/C23H25N7O2S/c1-16-13-17(2)21(18(3)14-16)33(31,32)29-11-9-28(10-12-29)22-20-23(25-15-24-22)30(27-26-20)19-7-5-4-6-8-19/h4-8,13-15H,9-12H2,1-3H3. The van der Waals surface area contributed by atoms with Crippen LogP contribution in [0.15, 0.2) is 53.7 Å². The number of aryl methyl sites for hydroxylation is 3. The van der Waals surface area contributed by atoms with Crippen LogP contribution in [-0.4, -0.2) is 63.9 Å². The minimum atomic E-state index is -3.58. The van der Waals surface area contributed by atoms with Crippen molar-refractivity contribution in [1.29, 1.82) is 0 Å². The molecule has 2 aromatic heterocycles. The molecule has 33 heavy (non-hydrogen) atoms. The largest absolute Gasteiger partial charge is 0.352 e. The van der Waals surface area contributed by atoms with Crippen molar-refractivity contribution in [3.63, 3.8) is 0 Å². The minimum absolute atomic E-state index is 0.368. The van der Waals surface area contributed by atoms with Gasteiger partial charge in [-0.1, -0.05) is 41.1 Å². The van der Waals surface area contributed by atoms with E-state index in [-0.39, 0.29) is 0 Å². The van der Waals surface area contributed by atoms with E-state index in [0.29, 0.717) is 48.1 Å². The highest BCUT2D eigenvalue weighted by molar-refractivity contribution is 7.89. The maximum atomic E-state index is 13.4. The van der Waals surface area contributed by atoms with Gasteiger partial charge in [0.1, 0.15) is 6.33 Å². The fourth-order valence-corrected chi connectivity index (χ4v) is 6.39. The van der Waals surface area contributed by atoms with Crippen LogP contribution in [0.1, 0.15) is 16.7 Å². The van der Waals surface area contributed by atoms with Gasteiger partial charge in [-0.05, 0) is 44.0 Å². The summed E-state index contributed by atoms with van der Waals surface area (Å²) in [7, 11) is -3.58. The number of rotatable bonds is 4. The fourth-order valence-electron chi connectivity index (χ4n) is 4.55. The van der Waals surface area contributed by atoms with Crippen molar-refractivity contribution < 1.29 is 8.42 Å². The number of piperazine rings is 1. The van der Waals surface area contributed by atoms with Gasteiger partial charge in [0, 0.05) is 26.2 Å². The molecule has 0 unspecified atom stereocenters. The Balaban J connectivity index is 1.40. The van der Waals surface area contributed by atoms with E-state index in [1.54, 1.807) is 8.99 Å². The lowest BCUT2D eigenvalue weighted by molar-refractivity contribution is 0.383. The molecule has 1 fully saturated rings. The van der Waals surface area contributed by atoms with Crippen LogP contribution in [0.4, 0.5) is 5.82 Å². The molecule has 0 amide bonds. The summed E-state index contributed by atoms with van der Waals surface area (Å²) >= 11 is 0. The molecule has 10 heteroatoms. The van der Waals surface area contributed by atoms with E-state index in [4.69, 9.17) is 0 Å².